The van der Waals surface area contributed by atoms with E-state index in [2.05, 4.69) is 0 Å². The molecule has 0 aliphatic carbocycles. The van der Waals surface area contributed by atoms with E-state index in [1.165, 1.54) is 17.5 Å². The van der Waals surface area contributed by atoms with E-state index in [1.54, 1.807) is 0 Å². The maximum Gasteiger partial charge on any atom is 0.421 e. The molecule has 0 amide bonds. The van der Waals surface area contributed by atoms with Crippen LogP contribution in [0.4, 0.5) is 17.6 Å². The van der Waals surface area contributed by atoms with Crippen LogP contribution in [0, 0.1) is 0 Å². The molecule has 0 unspecified atom stereocenters. The Morgan fingerprint density at radius 1 is 1.38 bits per heavy atom. The first-order valence-electron chi connectivity index (χ1n) is 3.09. The molecule has 1 aromatic heterocycles. The summed E-state index contributed by atoms with van der Waals surface area (Å²) in [5.74, 6) is 0. The predicted molar refractivity (Wildman–Crippen MR) is 52.4 cm³/mol. The van der Waals surface area contributed by atoms with E-state index in [4.69, 9.17) is 0 Å². The first kappa shape index (κ1) is 11.0. The maximum absolute atomic E-state index is 12.6. The minimum absolute atomic E-state index is 0.0978. The normalized spacial score (nSPS) is 14.2. The monoisotopic (exact) mass is 322 g/mol. The summed E-state index contributed by atoms with van der Waals surface area (Å²) in [4.78, 5) is -0.0978. The fourth-order valence-electron chi connectivity index (χ4n) is 0.761. The Morgan fingerprint density at radius 3 is 2.31 bits per heavy atom. The van der Waals surface area contributed by atoms with E-state index in [0.29, 0.717) is 0 Å². The van der Waals surface area contributed by atoms with E-state index in [0.717, 1.165) is 33.9 Å². The Hall–Kier alpha value is -0.110. The van der Waals surface area contributed by atoms with Crippen molar-refractivity contribution in [3.8, 4) is 0 Å². The number of thiophene rings is 1. The molecule has 0 spiro atoms. The molecule has 0 bridgehead atoms. The quantitative estimate of drug-likeness (QED) is 0.532. The molecule has 0 radical (unpaired) electrons. The molecule has 0 saturated heterocycles. The van der Waals surface area contributed by atoms with E-state index in [9.17, 15) is 17.6 Å². The first-order chi connectivity index (χ1) is 5.93. The Morgan fingerprint density at radius 2 is 2.00 bits per heavy atom. The van der Waals surface area contributed by atoms with Gasteiger partial charge in [0.1, 0.15) is 5.57 Å². The summed E-state index contributed by atoms with van der Waals surface area (Å²) in [5, 5.41) is 1.47. The Kier molecular flexibility index (Phi) is 3.33. The lowest BCUT2D eigenvalue weighted by atomic mass is 10.2. The van der Waals surface area contributed by atoms with Gasteiger partial charge in [-0.05, 0) is 34.0 Å². The molecule has 1 aromatic rings. The van der Waals surface area contributed by atoms with Gasteiger partial charge in [-0.2, -0.15) is 17.6 Å². The van der Waals surface area contributed by atoms with E-state index < -0.39 is 15.6 Å². The van der Waals surface area contributed by atoms with E-state index in [-0.39, 0.29) is 4.88 Å². The second-order valence-corrected chi connectivity index (χ2v) is 4.01. The average molecular weight is 322 g/mol. The Balaban J connectivity index is 3.18. The lowest BCUT2D eigenvalue weighted by molar-refractivity contribution is -0.0693. The molecule has 0 nitrogen and oxygen atoms in total. The molecule has 13 heavy (non-hydrogen) atoms. The largest absolute Gasteiger partial charge is 0.421 e. The molecule has 72 valence electrons. The molecule has 0 aromatic carbocycles. The Labute approximate surface area is 89.4 Å². The van der Waals surface area contributed by atoms with Gasteiger partial charge in [0.2, 0.25) is 0 Å². The van der Waals surface area contributed by atoms with Crippen LogP contribution in [-0.2, 0) is 0 Å². The third-order valence-corrected chi connectivity index (χ3v) is 2.67. The summed E-state index contributed by atoms with van der Waals surface area (Å²) in [6.45, 7) is 0. The minimum Gasteiger partial charge on any atom is -0.199 e. The van der Waals surface area contributed by atoms with Crippen molar-refractivity contribution in [1.82, 2.24) is 0 Å². The fraction of sp³-hybridized carbons (Fsp3) is 0.143. The van der Waals surface area contributed by atoms with Crippen molar-refractivity contribution in [1.29, 1.82) is 0 Å². The Bertz CT molecular complexity index is 308. The first-order valence-corrected chi connectivity index (χ1v) is 5.05. The molecular weight excluding hydrogens is 319 g/mol. The van der Waals surface area contributed by atoms with Gasteiger partial charge in [-0.25, -0.2) is 0 Å². The second-order valence-electron chi connectivity index (χ2n) is 2.11. The zero-order chi connectivity index (χ0) is 10.1. The summed E-state index contributed by atoms with van der Waals surface area (Å²) >= 11 is 1.89. The lowest BCUT2D eigenvalue weighted by Gasteiger charge is -2.08. The standard InChI is InChI=1S/C7H3F4IS/c8-6(12)5(7(9,10)11)4-2-1-3-13-4/h1-3H/b6-5+. The van der Waals surface area contributed by atoms with Crippen LogP contribution in [0.15, 0.2) is 21.3 Å². The van der Waals surface area contributed by atoms with Crippen LogP contribution in [0.1, 0.15) is 4.88 Å². The van der Waals surface area contributed by atoms with Gasteiger partial charge >= 0.3 is 6.18 Å². The van der Waals surface area contributed by atoms with Crippen LogP contribution in [0.25, 0.3) is 5.57 Å². The number of alkyl halides is 3. The van der Waals surface area contributed by atoms with Crippen LogP contribution < -0.4 is 0 Å². The predicted octanol–water partition coefficient (Wildman–Crippen LogP) is 4.38. The van der Waals surface area contributed by atoms with Crippen molar-refractivity contribution < 1.29 is 17.6 Å². The zero-order valence-electron chi connectivity index (χ0n) is 6.03. The van der Waals surface area contributed by atoms with Crippen molar-refractivity contribution in [3.05, 3.63) is 26.2 Å². The summed E-state index contributed by atoms with van der Waals surface area (Å²) in [6.07, 6.45) is -4.63. The van der Waals surface area contributed by atoms with Gasteiger partial charge in [-0.1, -0.05) is 6.07 Å². The van der Waals surface area contributed by atoms with Crippen molar-refractivity contribution >= 4 is 39.5 Å². The van der Waals surface area contributed by atoms with Gasteiger partial charge < -0.3 is 0 Å². The molecule has 6 heteroatoms. The number of allylic oxidation sites excluding steroid dienone is 1. The van der Waals surface area contributed by atoms with Crippen LogP contribution >= 0.6 is 33.9 Å². The zero-order valence-corrected chi connectivity index (χ0v) is 9.00. The van der Waals surface area contributed by atoms with Crippen LogP contribution in [-0.4, -0.2) is 6.18 Å². The van der Waals surface area contributed by atoms with Gasteiger partial charge in [0.05, 0.1) is 0 Å². The molecule has 0 atom stereocenters. The highest BCUT2D eigenvalue weighted by Crippen LogP contribution is 2.40. The molecule has 0 N–H and O–H groups in total. The number of hydrogen-bond donors (Lipinski definition) is 0. The topological polar surface area (TPSA) is 0 Å². The van der Waals surface area contributed by atoms with Gasteiger partial charge in [-0.15, -0.1) is 11.3 Å². The van der Waals surface area contributed by atoms with Crippen LogP contribution in [0.3, 0.4) is 0 Å². The van der Waals surface area contributed by atoms with Crippen molar-refractivity contribution in [2.45, 2.75) is 6.18 Å². The van der Waals surface area contributed by atoms with Gasteiger partial charge in [0, 0.05) is 4.88 Å². The molecule has 0 aliphatic heterocycles. The van der Waals surface area contributed by atoms with Gasteiger partial charge in [0.15, 0.2) is 3.83 Å². The van der Waals surface area contributed by atoms with Gasteiger partial charge in [-0.3, -0.25) is 0 Å². The van der Waals surface area contributed by atoms with Gasteiger partial charge in [0.25, 0.3) is 0 Å². The van der Waals surface area contributed by atoms with Crippen molar-refractivity contribution in [2.24, 2.45) is 0 Å². The highest BCUT2D eigenvalue weighted by molar-refractivity contribution is 14.1. The molecule has 1 rings (SSSR count). The lowest BCUT2D eigenvalue weighted by Crippen LogP contribution is -2.10. The minimum atomic E-state index is -4.63. The average Bonchev–Trinajstić information content (AvgIpc) is 2.34. The third-order valence-electron chi connectivity index (χ3n) is 1.24. The molecule has 0 aliphatic rings. The van der Waals surface area contributed by atoms with E-state index >= 15 is 0 Å². The fourth-order valence-corrected chi connectivity index (χ4v) is 2.32. The van der Waals surface area contributed by atoms with Crippen LogP contribution in [0.2, 0.25) is 0 Å². The van der Waals surface area contributed by atoms with Crippen LogP contribution in [0.5, 0.6) is 0 Å². The summed E-state index contributed by atoms with van der Waals surface area (Å²) in [7, 11) is 0. The maximum atomic E-state index is 12.6. The molecule has 1 heterocycles. The highest BCUT2D eigenvalue weighted by Gasteiger charge is 2.38. The third kappa shape index (κ3) is 2.67. The summed E-state index contributed by atoms with van der Waals surface area (Å²) in [5.41, 5.74) is -1.19. The number of rotatable bonds is 1. The molecule has 0 saturated carbocycles. The van der Waals surface area contributed by atoms with E-state index in [1.807, 2.05) is 0 Å². The molecule has 0 fully saturated rings. The van der Waals surface area contributed by atoms with Crippen molar-refractivity contribution in [3.63, 3.8) is 0 Å². The highest BCUT2D eigenvalue weighted by atomic mass is 127. The SMILES string of the molecule is F/C(I)=C(/c1cccs1)C(F)(F)F. The summed E-state index contributed by atoms with van der Waals surface area (Å²) < 4.78 is 48.1. The molecular formula is C7H3F4IS. The number of halogens is 5. The second kappa shape index (κ2) is 3.95. The van der Waals surface area contributed by atoms with Crippen molar-refractivity contribution in [2.75, 3.05) is 0 Å². The number of hydrogen-bond acceptors (Lipinski definition) is 1. The summed E-state index contributed by atoms with van der Waals surface area (Å²) in [6, 6.07) is 2.69. The smallest absolute Gasteiger partial charge is 0.199 e.